The van der Waals surface area contributed by atoms with Crippen LogP contribution in [0.25, 0.3) is 10.9 Å². The van der Waals surface area contributed by atoms with Gasteiger partial charge in [0.15, 0.2) is 0 Å². The van der Waals surface area contributed by atoms with Crippen LogP contribution in [0.3, 0.4) is 0 Å². The van der Waals surface area contributed by atoms with Crippen LogP contribution < -0.4 is 0 Å². The van der Waals surface area contributed by atoms with Crippen molar-refractivity contribution in [3.63, 3.8) is 0 Å². The average Bonchev–Trinajstić information content (AvgIpc) is 1.73. The van der Waals surface area contributed by atoms with Gasteiger partial charge in [-0.25, -0.2) is 0 Å². The molecular weight excluding hydrogens is 1640 g/mol. The molecule has 0 saturated carbocycles. The molecule has 7 aromatic carbocycles. The van der Waals surface area contributed by atoms with E-state index < -0.39 is 0 Å². The maximum Gasteiger partial charge on any atom is 0.0480 e. The molecule has 1 aromatic heterocycles. The molecule has 0 N–H and O–H groups in total. The minimum absolute atomic E-state index is 0. The van der Waals surface area contributed by atoms with E-state index in [0.29, 0.717) is 38.4 Å². The Hall–Kier alpha value is 0.703. The average molecular weight is 1780 g/mol. The molecule has 536 valence electrons. The summed E-state index contributed by atoms with van der Waals surface area (Å²) in [4.78, 5) is 0. The van der Waals surface area contributed by atoms with E-state index in [1.807, 2.05) is 6.07 Å². The van der Waals surface area contributed by atoms with E-state index in [1.54, 1.807) is 0 Å². The van der Waals surface area contributed by atoms with Crippen molar-refractivity contribution >= 4 is 10.9 Å². The van der Waals surface area contributed by atoms with Crippen molar-refractivity contribution in [2.75, 3.05) is 0 Å². The van der Waals surface area contributed by atoms with Crippen molar-refractivity contribution in [2.24, 2.45) is 32.5 Å². The van der Waals surface area contributed by atoms with E-state index >= 15 is 0 Å². The molecular formula is C91H143NY6-6. The number of unbranched alkanes of at least 4 members (excludes halogenated alkanes) is 1. The van der Waals surface area contributed by atoms with Crippen molar-refractivity contribution in [1.29, 1.82) is 0 Å². The van der Waals surface area contributed by atoms with Gasteiger partial charge in [-0.1, -0.05) is 345 Å². The van der Waals surface area contributed by atoms with Gasteiger partial charge in [0.1, 0.15) is 0 Å². The van der Waals surface area contributed by atoms with Crippen molar-refractivity contribution in [3.8, 4) is 0 Å². The zero-order chi connectivity index (χ0) is 64.1. The second kappa shape index (κ2) is 67.1. The van der Waals surface area contributed by atoms with E-state index in [0.717, 1.165) is 13.0 Å². The summed E-state index contributed by atoms with van der Waals surface area (Å²) in [6, 6.07) is 74.8. The number of aryl methyl sites for hydroxylation is 5. The van der Waals surface area contributed by atoms with Gasteiger partial charge >= 0.3 is 0 Å². The van der Waals surface area contributed by atoms with Crippen molar-refractivity contribution in [3.05, 3.63) is 296 Å². The second-order valence-electron chi connectivity index (χ2n) is 31.4. The Kier molecular flexibility index (Phi) is 83.9. The van der Waals surface area contributed by atoms with Gasteiger partial charge in [-0.3, -0.25) is 0 Å². The number of fused-ring (bicyclic) bond motifs is 1. The van der Waals surface area contributed by atoms with Crippen LogP contribution in [-0.2, 0) is 235 Å². The van der Waals surface area contributed by atoms with Crippen LogP contribution in [0, 0.1) is 77.0 Å². The number of benzene rings is 7. The Morgan fingerprint density at radius 2 is 0.541 bits per heavy atom. The molecule has 0 unspecified atom stereocenters. The van der Waals surface area contributed by atoms with Crippen LogP contribution in [-0.4, -0.2) is 4.57 Å². The minimum atomic E-state index is 0. The molecule has 0 aliphatic rings. The Balaban J connectivity index is -0.0000000985. The van der Waals surface area contributed by atoms with E-state index in [9.17, 15) is 0 Å². The van der Waals surface area contributed by atoms with E-state index in [4.69, 9.17) is 0 Å². The predicted octanol–water partition coefficient (Wildman–Crippen LogP) is 28.7. The monoisotopic (exact) mass is 1780 g/mol. The molecule has 0 aliphatic heterocycles. The van der Waals surface area contributed by atoms with Crippen LogP contribution in [0.2, 0.25) is 0 Å². The Labute approximate surface area is 763 Å². The fourth-order valence-corrected chi connectivity index (χ4v) is 9.26. The molecule has 0 fully saturated rings. The number of para-hydroxylation sites is 1. The summed E-state index contributed by atoms with van der Waals surface area (Å²) in [6.07, 6.45) is 18.5. The fourth-order valence-electron chi connectivity index (χ4n) is 9.26. The molecule has 1 nitrogen and oxygen atoms in total. The van der Waals surface area contributed by atoms with Gasteiger partial charge in [0.2, 0.25) is 0 Å². The van der Waals surface area contributed by atoms with Crippen molar-refractivity contribution in [2.45, 2.75) is 234 Å². The number of rotatable bonds is 15. The summed E-state index contributed by atoms with van der Waals surface area (Å²) < 4.78 is 2.35. The third kappa shape index (κ3) is 72.3. The first kappa shape index (κ1) is 122. The zero-order valence-corrected chi connectivity index (χ0v) is 85.2. The molecule has 0 aliphatic carbocycles. The summed E-state index contributed by atoms with van der Waals surface area (Å²) in [6.45, 7) is 46.8. The number of hydrogen-bond acceptors (Lipinski definition) is 0. The van der Waals surface area contributed by atoms with Crippen molar-refractivity contribution in [1.82, 2.24) is 4.57 Å². The number of hydrogen-bond donors (Lipinski definition) is 0. The summed E-state index contributed by atoms with van der Waals surface area (Å²) in [5, 5.41) is 1.34. The quantitative estimate of drug-likeness (QED) is 0.0712. The third-order valence-corrected chi connectivity index (χ3v) is 14.6. The van der Waals surface area contributed by atoms with Gasteiger partial charge in [-0.15, -0.1) is 0 Å². The van der Waals surface area contributed by atoms with E-state index in [1.165, 1.54) is 121 Å². The molecule has 8 aromatic rings. The largest absolute Gasteiger partial charge is 0.358 e. The Morgan fingerprint density at radius 3 is 0.847 bits per heavy atom. The minimum Gasteiger partial charge on any atom is -0.358 e. The predicted molar refractivity (Wildman–Crippen MR) is 425 cm³/mol. The molecule has 1 heterocycles. The van der Waals surface area contributed by atoms with E-state index in [2.05, 4.69) is 355 Å². The van der Waals surface area contributed by atoms with Crippen LogP contribution in [0.15, 0.2) is 219 Å². The molecule has 0 atom stereocenters. The van der Waals surface area contributed by atoms with Gasteiger partial charge in [-0.2, -0.15) is 0 Å². The third-order valence-electron chi connectivity index (χ3n) is 14.6. The molecule has 6 radical (unpaired) electrons. The van der Waals surface area contributed by atoms with Crippen LogP contribution in [0.5, 0.6) is 0 Å². The smallest absolute Gasteiger partial charge is 0.0480 e. The first-order valence-electron chi connectivity index (χ1n) is 33.0. The Bertz CT molecular complexity index is 2810. The molecule has 7 heteroatoms. The van der Waals surface area contributed by atoms with Gasteiger partial charge in [-0.05, 0) is 166 Å². The zero-order valence-electron chi connectivity index (χ0n) is 68.2. The Morgan fingerprint density at radius 1 is 0.265 bits per heavy atom. The molecule has 0 spiro atoms. The molecule has 0 amide bonds. The van der Waals surface area contributed by atoms with Gasteiger partial charge in [0, 0.05) is 215 Å². The summed E-state index contributed by atoms with van der Waals surface area (Å²) >= 11 is 0. The van der Waals surface area contributed by atoms with Gasteiger partial charge < -0.3 is 49.1 Å². The second-order valence-corrected chi connectivity index (χ2v) is 31.4. The normalized spacial score (nSPS) is 10.1. The summed E-state index contributed by atoms with van der Waals surface area (Å²) in [7, 11) is 0. The molecule has 0 bridgehead atoms. The fraction of sp³-hybridized carbons (Fsp3) is 0.451. The maximum absolute atomic E-state index is 2.35. The number of nitrogens with zero attached hydrogens (tertiary/aromatic N) is 1. The summed E-state index contributed by atoms with van der Waals surface area (Å²) in [5.74, 6) is 0.659. The van der Waals surface area contributed by atoms with Gasteiger partial charge in [0.25, 0.3) is 0 Å². The van der Waals surface area contributed by atoms with Crippen LogP contribution in [0.4, 0.5) is 0 Å². The van der Waals surface area contributed by atoms with Crippen LogP contribution in [0.1, 0.15) is 229 Å². The SMILES string of the molecule is CC(C)(C)CCCCc1ccccc1.CC(C)(C)CCCc1ccccc1.CC(C)(C)CCc1ccccc1.CC(C)(C)CCc1ccccc1.CC(C)(C)CCn1ccc2ccccc21.CC(C)(C)Cc1ccccc1.CC(C)c1ccccc1.[CH3-].[CH3-].[CH3-].[CH3-].[CH3-].[CH3-].[Y].[Y].[Y].[Y].[Y].[Y]. The molecule has 0 saturated heterocycles. The van der Waals surface area contributed by atoms with E-state index in [-0.39, 0.29) is 241 Å². The molecule has 98 heavy (non-hydrogen) atoms. The topological polar surface area (TPSA) is 4.93 Å². The van der Waals surface area contributed by atoms with Crippen molar-refractivity contribution < 1.29 is 196 Å². The standard InChI is InChI=1S/C14H19N.C14H22.C13H20.2C12H18.C11H16.C9H12.6CH3.6Y/c1-14(2,3)9-11-15-10-8-12-6-4-5-7-13(12)15;1-14(2,3)12-8-7-11-13-9-5-4-6-10-13;1-13(2,3)11-7-10-12-8-5-4-6-9-12;2*1-12(2,3)10-9-11-7-5-4-6-8-11;1-11(2,3)9-10-7-5-4-6-8-10;1-8(2)9-6-4-3-5-7-9;;;;;;;;;;;;/h4-8,10H,9,11H2,1-3H3;4-6,9-10H,7-8,11-12H2,1-3H3;4-6,8-9H,7,10-11H2,1-3H3;2*4-8H,9-10H2,1-3H3;4-8H,9H2,1-3H3;3-8H,1-2H3;6*1H3;;;;;;/q;;;;;;;6*-1;;;;;;. The molecule has 8 rings (SSSR count). The number of aromatic nitrogens is 1. The summed E-state index contributed by atoms with van der Waals surface area (Å²) in [5.41, 5.74) is 12.7. The maximum atomic E-state index is 2.35. The van der Waals surface area contributed by atoms with Gasteiger partial charge in [0.05, 0.1) is 0 Å². The van der Waals surface area contributed by atoms with Crippen LogP contribution >= 0.6 is 0 Å². The first-order valence-corrected chi connectivity index (χ1v) is 33.0. The first-order chi connectivity index (χ1) is 40.3.